The van der Waals surface area contributed by atoms with Crippen molar-refractivity contribution in [3.63, 3.8) is 0 Å². The SMILES string of the molecule is CNCc1cccc(C)c1OCc1cn2ccccc2n1. The van der Waals surface area contributed by atoms with E-state index in [1.54, 1.807) is 0 Å². The average molecular weight is 281 g/mol. The standard InChI is InChI=1S/C17H19N3O/c1-13-6-5-7-14(10-18-2)17(13)21-12-15-11-20-9-4-3-8-16(20)19-15/h3-9,11,18H,10,12H2,1-2H3. The molecule has 4 heteroatoms. The molecule has 1 N–H and O–H groups in total. The lowest BCUT2D eigenvalue weighted by atomic mass is 10.1. The highest BCUT2D eigenvalue weighted by Gasteiger charge is 2.08. The second-order valence-corrected chi connectivity index (χ2v) is 5.08. The van der Waals surface area contributed by atoms with Gasteiger partial charge in [0, 0.05) is 24.5 Å². The van der Waals surface area contributed by atoms with E-state index in [9.17, 15) is 0 Å². The van der Waals surface area contributed by atoms with Crippen LogP contribution in [0.15, 0.2) is 48.8 Å². The molecule has 0 fully saturated rings. The quantitative estimate of drug-likeness (QED) is 0.781. The number of rotatable bonds is 5. The molecule has 2 aromatic heterocycles. The fourth-order valence-corrected chi connectivity index (χ4v) is 2.45. The average Bonchev–Trinajstić information content (AvgIpc) is 2.90. The molecule has 0 saturated carbocycles. The normalized spacial score (nSPS) is 11.0. The zero-order chi connectivity index (χ0) is 14.7. The largest absolute Gasteiger partial charge is 0.487 e. The lowest BCUT2D eigenvalue weighted by Crippen LogP contribution is -2.08. The number of hydrogen-bond acceptors (Lipinski definition) is 3. The van der Waals surface area contributed by atoms with E-state index in [1.807, 2.05) is 42.0 Å². The number of para-hydroxylation sites is 1. The van der Waals surface area contributed by atoms with Crippen LogP contribution < -0.4 is 10.1 Å². The molecule has 0 saturated heterocycles. The number of benzene rings is 1. The lowest BCUT2D eigenvalue weighted by molar-refractivity contribution is 0.296. The summed E-state index contributed by atoms with van der Waals surface area (Å²) in [5, 5.41) is 3.17. The minimum Gasteiger partial charge on any atom is -0.487 e. The van der Waals surface area contributed by atoms with Crippen molar-refractivity contribution >= 4 is 5.65 Å². The number of imidazole rings is 1. The molecule has 0 spiro atoms. The van der Waals surface area contributed by atoms with Gasteiger partial charge in [-0.1, -0.05) is 24.3 Å². The van der Waals surface area contributed by atoms with Crippen molar-refractivity contribution in [1.82, 2.24) is 14.7 Å². The molecule has 0 radical (unpaired) electrons. The monoisotopic (exact) mass is 281 g/mol. The number of aromatic nitrogens is 2. The molecule has 0 amide bonds. The third-order valence-corrected chi connectivity index (χ3v) is 3.44. The Morgan fingerprint density at radius 2 is 2.10 bits per heavy atom. The fourth-order valence-electron chi connectivity index (χ4n) is 2.45. The molecule has 21 heavy (non-hydrogen) atoms. The summed E-state index contributed by atoms with van der Waals surface area (Å²) in [6.07, 6.45) is 4.00. The first-order valence-corrected chi connectivity index (χ1v) is 7.06. The number of aryl methyl sites for hydroxylation is 1. The van der Waals surface area contributed by atoms with Crippen LogP contribution in [-0.4, -0.2) is 16.4 Å². The van der Waals surface area contributed by atoms with Gasteiger partial charge in [-0.25, -0.2) is 4.98 Å². The molecule has 0 aliphatic heterocycles. The Balaban J connectivity index is 1.81. The summed E-state index contributed by atoms with van der Waals surface area (Å²) in [7, 11) is 1.94. The Kier molecular flexibility index (Phi) is 3.88. The number of ether oxygens (including phenoxy) is 1. The summed E-state index contributed by atoms with van der Waals surface area (Å²) in [5.41, 5.74) is 4.18. The molecular formula is C17H19N3O. The number of hydrogen-bond donors (Lipinski definition) is 1. The smallest absolute Gasteiger partial charge is 0.137 e. The highest BCUT2D eigenvalue weighted by molar-refractivity contribution is 5.42. The van der Waals surface area contributed by atoms with Gasteiger partial charge in [-0.05, 0) is 31.7 Å². The van der Waals surface area contributed by atoms with Crippen LogP contribution in [0.4, 0.5) is 0 Å². The van der Waals surface area contributed by atoms with E-state index in [-0.39, 0.29) is 0 Å². The van der Waals surface area contributed by atoms with Crippen molar-refractivity contribution in [2.45, 2.75) is 20.1 Å². The molecule has 3 rings (SSSR count). The zero-order valence-electron chi connectivity index (χ0n) is 12.3. The van der Waals surface area contributed by atoms with Gasteiger partial charge >= 0.3 is 0 Å². The number of nitrogens with zero attached hydrogens (tertiary/aromatic N) is 2. The van der Waals surface area contributed by atoms with Crippen molar-refractivity contribution in [3.8, 4) is 5.75 Å². The van der Waals surface area contributed by atoms with Crippen LogP contribution in [0.25, 0.3) is 5.65 Å². The highest BCUT2D eigenvalue weighted by Crippen LogP contribution is 2.24. The van der Waals surface area contributed by atoms with Gasteiger partial charge in [0.2, 0.25) is 0 Å². The molecule has 1 aromatic carbocycles. The molecule has 2 heterocycles. The van der Waals surface area contributed by atoms with Gasteiger partial charge < -0.3 is 14.5 Å². The molecule has 0 aliphatic rings. The van der Waals surface area contributed by atoms with Crippen LogP contribution in [0.2, 0.25) is 0 Å². The van der Waals surface area contributed by atoms with Gasteiger partial charge in [-0.3, -0.25) is 0 Å². The maximum absolute atomic E-state index is 6.02. The molecule has 4 nitrogen and oxygen atoms in total. The van der Waals surface area contributed by atoms with Gasteiger partial charge in [0.1, 0.15) is 18.0 Å². The Hall–Kier alpha value is -2.33. The van der Waals surface area contributed by atoms with E-state index in [1.165, 1.54) is 5.56 Å². The number of nitrogens with one attached hydrogen (secondary N) is 1. The van der Waals surface area contributed by atoms with E-state index < -0.39 is 0 Å². The van der Waals surface area contributed by atoms with Crippen LogP contribution >= 0.6 is 0 Å². The Bertz CT molecular complexity index is 716. The summed E-state index contributed by atoms with van der Waals surface area (Å²) in [5.74, 6) is 0.948. The predicted octanol–water partition coefficient (Wildman–Crippen LogP) is 2.94. The van der Waals surface area contributed by atoms with Crippen molar-refractivity contribution in [2.24, 2.45) is 0 Å². The first-order chi connectivity index (χ1) is 10.3. The van der Waals surface area contributed by atoms with E-state index in [0.29, 0.717) is 6.61 Å². The molecular weight excluding hydrogens is 262 g/mol. The van der Waals surface area contributed by atoms with E-state index in [0.717, 1.165) is 29.2 Å². The molecule has 0 atom stereocenters. The van der Waals surface area contributed by atoms with Crippen molar-refractivity contribution in [1.29, 1.82) is 0 Å². The van der Waals surface area contributed by atoms with Crippen molar-refractivity contribution in [3.05, 3.63) is 65.6 Å². The highest BCUT2D eigenvalue weighted by atomic mass is 16.5. The van der Waals surface area contributed by atoms with E-state index in [2.05, 4.69) is 35.4 Å². The first-order valence-electron chi connectivity index (χ1n) is 7.06. The second-order valence-electron chi connectivity index (χ2n) is 5.08. The second kappa shape index (κ2) is 5.97. The minimum atomic E-state index is 0.475. The Morgan fingerprint density at radius 3 is 2.90 bits per heavy atom. The van der Waals surface area contributed by atoms with Gasteiger partial charge in [0.25, 0.3) is 0 Å². The van der Waals surface area contributed by atoms with Gasteiger partial charge in [-0.2, -0.15) is 0 Å². The van der Waals surface area contributed by atoms with Crippen LogP contribution in [0.5, 0.6) is 5.75 Å². The maximum Gasteiger partial charge on any atom is 0.137 e. The first kappa shape index (κ1) is 13.6. The topological polar surface area (TPSA) is 38.6 Å². The molecule has 108 valence electrons. The minimum absolute atomic E-state index is 0.475. The van der Waals surface area contributed by atoms with Crippen molar-refractivity contribution in [2.75, 3.05) is 7.05 Å². The third kappa shape index (κ3) is 2.90. The molecule has 0 bridgehead atoms. The molecule has 0 unspecified atom stereocenters. The summed E-state index contributed by atoms with van der Waals surface area (Å²) in [6, 6.07) is 12.2. The summed E-state index contributed by atoms with van der Waals surface area (Å²) < 4.78 is 8.03. The van der Waals surface area contributed by atoms with Crippen LogP contribution in [0.3, 0.4) is 0 Å². The van der Waals surface area contributed by atoms with Gasteiger partial charge in [0.15, 0.2) is 0 Å². The third-order valence-electron chi connectivity index (χ3n) is 3.44. The van der Waals surface area contributed by atoms with Gasteiger partial charge in [0.05, 0.1) is 5.69 Å². The van der Waals surface area contributed by atoms with Crippen LogP contribution in [0, 0.1) is 6.92 Å². The molecule has 0 aliphatic carbocycles. The van der Waals surface area contributed by atoms with E-state index in [4.69, 9.17) is 4.74 Å². The Morgan fingerprint density at radius 1 is 1.19 bits per heavy atom. The van der Waals surface area contributed by atoms with Crippen LogP contribution in [-0.2, 0) is 13.2 Å². The summed E-state index contributed by atoms with van der Waals surface area (Å²) in [6.45, 7) is 3.34. The summed E-state index contributed by atoms with van der Waals surface area (Å²) >= 11 is 0. The fraction of sp³-hybridized carbons (Fsp3) is 0.235. The summed E-state index contributed by atoms with van der Waals surface area (Å²) in [4.78, 5) is 4.56. The molecule has 3 aromatic rings. The number of pyridine rings is 1. The van der Waals surface area contributed by atoms with Gasteiger partial charge in [-0.15, -0.1) is 0 Å². The zero-order valence-corrected chi connectivity index (χ0v) is 12.3. The predicted molar refractivity (Wildman–Crippen MR) is 83.5 cm³/mol. The Labute approximate surface area is 124 Å². The maximum atomic E-state index is 6.02. The lowest BCUT2D eigenvalue weighted by Gasteiger charge is -2.13. The van der Waals surface area contributed by atoms with Crippen molar-refractivity contribution < 1.29 is 4.74 Å². The van der Waals surface area contributed by atoms with E-state index >= 15 is 0 Å². The van der Waals surface area contributed by atoms with Crippen LogP contribution in [0.1, 0.15) is 16.8 Å². The number of fused-ring (bicyclic) bond motifs is 1.